The first-order valence-corrected chi connectivity index (χ1v) is 8.79. The van der Waals surface area contributed by atoms with E-state index >= 15 is 0 Å². The first kappa shape index (κ1) is 16.6. The molecule has 0 saturated heterocycles. The van der Waals surface area contributed by atoms with Crippen molar-refractivity contribution >= 4 is 40.7 Å². The molecule has 0 spiro atoms. The van der Waals surface area contributed by atoms with Crippen molar-refractivity contribution in [2.24, 2.45) is 0 Å². The molecule has 24 heavy (non-hydrogen) atoms. The first-order valence-electron chi connectivity index (χ1n) is 7.07. The van der Waals surface area contributed by atoms with Gasteiger partial charge in [0.15, 0.2) is 0 Å². The van der Waals surface area contributed by atoms with Crippen LogP contribution in [0.15, 0.2) is 48.7 Å². The Bertz CT molecular complexity index is 885. The van der Waals surface area contributed by atoms with Crippen LogP contribution in [-0.2, 0) is 6.18 Å². The fourth-order valence-corrected chi connectivity index (χ4v) is 4.42. The van der Waals surface area contributed by atoms with Crippen molar-refractivity contribution in [1.82, 2.24) is 10.3 Å². The quantitative estimate of drug-likeness (QED) is 0.655. The number of amides is 1. The molecule has 0 aliphatic heterocycles. The van der Waals surface area contributed by atoms with Crippen molar-refractivity contribution < 1.29 is 18.0 Å². The summed E-state index contributed by atoms with van der Waals surface area (Å²) in [6, 6.07) is 10.6. The molecule has 0 radical (unpaired) electrons. The molecule has 0 aliphatic carbocycles. The van der Waals surface area contributed by atoms with Crippen LogP contribution in [0.5, 0.6) is 0 Å². The summed E-state index contributed by atoms with van der Waals surface area (Å²) in [5, 5.41) is 3.42. The topological polar surface area (TPSA) is 44.9 Å². The van der Waals surface area contributed by atoms with Gasteiger partial charge in [-0.3, -0.25) is 0 Å². The molecule has 1 amide bonds. The molecule has 0 bridgehead atoms. The number of halogens is 3. The third-order valence-electron chi connectivity index (χ3n) is 3.55. The minimum absolute atomic E-state index is 0.190. The first-order chi connectivity index (χ1) is 11.4. The molecule has 3 aromatic rings. The van der Waals surface area contributed by atoms with Crippen LogP contribution in [0, 0.1) is 0 Å². The van der Waals surface area contributed by atoms with Crippen molar-refractivity contribution in [3.8, 4) is 0 Å². The monoisotopic (exact) mass is 398 g/mol. The standard InChI is InChI=1S/C17H13F3N2OSe/c1-21-16(23)12-3-2-4-13-15(12)14(9-22-13)24-11-7-5-10(6-8-11)17(18,19)20/h2-9,22H,1H3,(H,21,23). The maximum absolute atomic E-state index is 12.6. The number of aromatic nitrogens is 1. The van der Waals surface area contributed by atoms with Crippen LogP contribution in [0.2, 0.25) is 0 Å². The van der Waals surface area contributed by atoms with E-state index in [2.05, 4.69) is 10.3 Å². The minimum atomic E-state index is -4.33. The van der Waals surface area contributed by atoms with Gasteiger partial charge in [-0.25, -0.2) is 0 Å². The molecule has 2 N–H and O–H groups in total. The maximum atomic E-state index is 12.6. The zero-order valence-electron chi connectivity index (χ0n) is 12.6. The number of benzene rings is 2. The van der Waals surface area contributed by atoms with Crippen molar-refractivity contribution in [1.29, 1.82) is 0 Å². The average Bonchev–Trinajstić information content (AvgIpc) is 2.97. The summed E-state index contributed by atoms with van der Waals surface area (Å²) in [6.07, 6.45) is -2.52. The van der Waals surface area contributed by atoms with Crippen LogP contribution in [0.4, 0.5) is 13.2 Å². The SMILES string of the molecule is CNC(=O)c1cccc2[nH]cc([Se]c3ccc(C(F)(F)F)cc3)c12. The normalized spacial score (nSPS) is 11.7. The van der Waals surface area contributed by atoms with E-state index in [0.29, 0.717) is 5.56 Å². The van der Waals surface area contributed by atoms with Crippen LogP contribution in [0.3, 0.4) is 0 Å². The Morgan fingerprint density at radius 1 is 1.12 bits per heavy atom. The molecule has 0 atom stereocenters. The van der Waals surface area contributed by atoms with Gasteiger partial charge in [0.05, 0.1) is 0 Å². The number of hydrogen-bond donors (Lipinski definition) is 2. The summed E-state index contributed by atoms with van der Waals surface area (Å²) in [6.45, 7) is 0. The van der Waals surface area contributed by atoms with Crippen LogP contribution in [0.1, 0.15) is 15.9 Å². The van der Waals surface area contributed by atoms with E-state index in [1.807, 2.05) is 12.3 Å². The average molecular weight is 397 g/mol. The number of alkyl halides is 3. The zero-order chi connectivity index (χ0) is 17.3. The van der Waals surface area contributed by atoms with E-state index in [0.717, 1.165) is 32.0 Å². The molecule has 3 nitrogen and oxygen atoms in total. The van der Waals surface area contributed by atoms with Gasteiger partial charge in [-0.15, -0.1) is 0 Å². The summed E-state index contributed by atoms with van der Waals surface area (Å²) >= 11 is -0.216. The van der Waals surface area contributed by atoms with E-state index in [1.54, 1.807) is 19.2 Å². The van der Waals surface area contributed by atoms with Crippen LogP contribution in [-0.4, -0.2) is 32.9 Å². The molecule has 0 saturated carbocycles. The van der Waals surface area contributed by atoms with E-state index in [-0.39, 0.29) is 20.9 Å². The molecule has 7 heteroatoms. The third-order valence-corrected chi connectivity index (χ3v) is 5.75. The molecule has 1 aromatic heterocycles. The molecule has 124 valence electrons. The van der Waals surface area contributed by atoms with Gasteiger partial charge in [-0.1, -0.05) is 0 Å². The van der Waals surface area contributed by atoms with E-state index < -0.39 is 11.7 Å². The third kappa shape index (κ3) is 3.18. The summed E-state index contributed by atoms with van der Waals surface area (Å²) in [5.74, 6) is -0.190. The van der Waals surface area contributed by atoms with E-state index in [9.17, 15) is 18.0 Å². The summed E-state index contributed by atoms with van der Waals surface area (Å²) in [4.78, 5) is 15.2. The van der Waals surface area contributed by atoms with Crippen molar-refractivity contribution in [3.05, 3.63) is 59.8 Å². The fourth-order valence-electron chi connectivity index (χ4n) is 2.40. The van der Waals surface area contributed by atoms with Crippen molar-refractivity contribution in [2.75, 3.05) is 7.05 Å². The molecular formula is C17H13F3N2OSe. The second kappa shape index (κ2) is 6.34. The Morgan fingerprint density at radius 3 is 2.46 bits per heavy atom. The van der Waals surface area contributed by atoms with Gasteiger partial charge >= 0.3 is 142 Å². The van der Waals surface area contributed by atoms with Gasteiger partial charge in [0.1, 0.15) is 0 Å². The number of nitrogens with one attached hydrogen (secondary N) is 2. The number of hydrogen-bond acceptors (Lipinski definition) is 1. The second-order valence-corrected chi connectivity index (χ2v) is 7.42. The number of aromatic amines is 1. The van der Waals surface area contributed by atoms with Crippen LogP contribution in [0.25, 0.3) is 10.9 Å². The van der Waals surface area contributed by atoms with E-state index in [1.165, 1.54) is 12.1 Å². The predicted octanol–water partition coefficient (Wildman–Crippen LogP) is 2.20. The molecule has 3 rings (SSSR count). The zero-order valence-corrected chi connectivity index (χ0v) is 14.3. The molecule has 1 heterocycles. The van der Waals surface area contributed by atoms with Gasteiger partial charge in [0.2, 0.25) is 0 Å². The van der Waals surface area contributed by atoms with Crippen molar-refractivity contribution in [3.63, 3.8) is 0 Å². The van der Waals surface area contributed by atoms with Gasteiger partial charge in [-0.2, -0.15) is 0 Å². The van der Waals surface area contributed by atoms with Crippen molar-refractivity contribution in [2.45, 2.75) is 6.18 Å². The second-order valence-electron chi connectivity index (χ2n) is 5.08. The Labute approximate surface area is 142 Å². The Kier molecular flexibility index (Phi) is 4.39. The molecule has 0 unspecified atom stereocenters. The molecule has 0 fully saturated rings. The summed E-state index contributed by atoms with van der Waals surface area (Å²) in [7, 11) is 1.56. The van der Waals surface area contributed by atoms with Gasteiger partial charge < -0.3 is 0 Å². The Hall–Kier alpha value is -2.24. The summed E-state index contributed by atoms with van der Waals surface area (Å²) in [5.41, 5.74) is 0.729. The number of H-pyrrole nitrogens is 1. The summed E-state index contributed by atoms with van der Waals surface area (Å²) < 4.78 is 39.7. The van der Waals surface area contributed by atoms with Gasteiger partial charge in [-0.05, 0) is 0 Å². The van der Waals surface area contributed by atoms with Crippen LogP contribution >= 0.6 is 0 Å². The predicted molar refractivity (Wildman–Crippen MR) is 88.2 cm³/mol. The molecule has 0 aliphatic rings. The Morgan fingerprint density at radius 2 is 1.83 bits per heavy atom. The van der Waals surface area contributed by atoms with Gasteiger partial charge in [0, 0.05) is 0 Å². The number of rotatable bonds is 3. The van der Waals surface area contributed by atoms with Gasteiger partial charge in [0.25, 0.3) is 0 Å². The fraction of sp³-hybridized carbons (Fsp3) is 0.118. The van der Waals surface area contributed by atoms with Crippen LogP contribution < -0.4 is 14.2 Å². The molecule has 2 aromatic carbocycles. The Balaban J connectivity index is 1.97. The van der Waals surface area contributed by atoms with E-state index in [4.69, 9.17) is 0 Å². The number of fused-ring (bicyclic) bond motifs is 1. The molecular weight excluding hydrogens is 384 g/mol. The number of carbonyl (C=O) groups excluding carboxylic acids is 1. The number of carbonyl (C=O) groups is 1.